The molecule has 1 aliphatic rings. The third-order valence-electron chi connectivity index (χ3n) is 2.40. The lowest BCUT2D eigenvalue weighted by molar-refractivity contribution is -0.146. The molecule has 0 spiro atoms. The van der Waals surface area contributed by atoms with E-state index in [1.54, 1.807) is 20.8 Å². The van der Waals surface area contributed by atoms with Gasteiger partial charge in [-0.1, -0.05) is 0 Å². The van der Waals surface area contributed by atoms with E-state index in [1.807, 2.05) is 0 Å². The first-order chi connectivity index (χ1) is 7.74. The van der Waals surface area contributed by atoms with Gasteiger partial charge < -0.3 is 14.4 Å². The molecule has 1 heterocycles. The maximum atomic E-state index is 13.5. The number of hydrogen-bond donors (Lipinski definition) is 0. The number of methoxy groups -OCH3 is 1. The lowest BCUT2D eigenvalue weighted by atomic mass is 10.1. The van der Waals surface area contributed by atoms with Gasteiger partial charge >= 0.3 is 12.1 Å². The number of carbonyl (C=O) groups excluding carboxylic acids is 2. The van der Waals surface area contributed by atoms with E-state index >= 15 is 0 Å². The molecule has 0 bridgehead atoms. The summed E-state index contributed by atoms with van der Waals surface area (Å²) in [6.45, 7) is 5.06. The summed E-state index contributed by atoms with van der Waals surface area (Å²) in [6, 6.07) is 0. The Hall–Kier alpha value is -1.33. The van der Waals surface area contributed by atoms with E-state index in [0.717, 1.165) is 0 Å². The smallest absolute Gasteiger partial charge is 0.410 e. The molecule has 1 saturated heterocycles. The molecule has 0 N–H and O–H groups in total. The van der Waals surface area contributed by atoms with Gasteiger partial charge in [0.25, 0.3) is 0 Å². The first kappa shape index (κ1) is 13.7. The van der Waals surface area contributed by atoms with Crippen LogP contribution in [0.3, 0.4) is 0 Å². The van der Waals surface area contributed by atoms with Crippen LogP contribution in [0.4, 0.5) is 9.18 Å². The van der Waals surface area contributed by atoms with Crippen LogP contribution in [0, 0.1) is 5.92 Å². The quantitative estimate of drug-likeness (QED) is 0.657. The van der Waals surface area contributed by atoms with E-state index in [9.17, 15) is 14.0 Å². The summed E-state index contributed by atoms with van der Waals surface area (Å²) in [4.78, 5) is 24.1. The number of hydrogen-bond acceptors (Lipinski definition) is 4. The third-order valence-corrected chi connectivity index (χ3v) is 2.40. The minimum Gasteiger partial charge on any atom is -0.469 e. The van der Waals surface area contributed by atoms with Gasteiger partial charge in [0.1, 0.15) is 17.7 Å². The molecule has 0 aromatic carbocycles. The highest BCUT2D eigenvalue weighted by molar-refractivity contribution is 5.76. The van der Waals surface area contributed by atoms with Crippen molar-refractivity contribution in [3.8, 4) is 0 Å². The Balaban J connectivity index is 2.60. The van der Waals surface area contributed by atoms with Gasteiger partial charge in [0.15, 0.2) is 0 Å². The van der Waals surface area contributed by atoms with Crippen molar-refractivity contribution in [3.63, 3.8) is 0 Å². The average molecular weight is 247 g/mol. The van der Waals surface area contributed by atoms with Gasteiger partial charge in [0.2, 0.25) is 0 Å². The van der Waals surface area contributed by atoms with Crippen molar-refractivity contribution in [2.24, 2.45) is 5.92 Å². The van der Waals surface area contributed by atoms with Gasteiger partial charge in [-0.15, -0.1) is 0 Å². The summed E-state index contributed by atoms with van der Waals surface area (Å²) >= 11 is 0. The summed E-state index contributed by atoms with van der Waals surface area (Å²) in [5.74, 6) is -1.55. The summed E-state index contributed by atoms with van der Waals surface area (Å²) in [7, 11) is 1.20. The molecular formula is C11H18FNO4. The third kappa shape index (κ3) is 3.57. The minimum atomic E-state index is -1.39. The SMILES string of the molecule is COC(=O)[C@@H]1CN(C(=O)OC(C)(C)C)C[C@@H]1F. The normalized spacial score (nSPS) is 24.6. The van der Waals surface area contributed by atoms with Gasteiger partial charge in [-0.25, -0.2) is 9.18 Å². The molecule has 0 aromatic rings. The Morgan fingerprint density at radius 2 is 1.88 bits per heavy atom. The number of carbonyl (C=O) groups is 2. The Morgan fingerprint density at radius 1 is 1.29 bits per heavy atom. The number of amides is 1. The van der Waals surface area contributed by atoms with Crippen LogP contribution < -0.4 is 0 Å². The van der Waals surface area contributed by atoms with Crippen LogP contribution >= 0.6 is 0 Å². The molecule has 0 radical (unpaired) electrons. The number of alkyl halides is 1. The standard InChI is InChI=1S/C11H18FNO4/c1-11(2,3)17-10(15)13-5-7(8(12)6-13)9(14)16-4/h7-8H,5-6H2,1-4H3/t7-,8+/m1/s1. The predicted molar refractivity (Wildman–Crippen MR) is 58.2 cm³/mol. The largest absolute Gasteiger partial charge is 0.469 e. The van der Waals surface area contributed by atoms with Crippen LogP contribution in [-0.4, -0.2) is 48.9 Å². The maximum Gasteiger partial charge on any atom is 0.410 e. The molecule has 1 aliphatic heterocycles. The molecule has 17 heavy (non-hydrogen) atoms. The van der Waals surface area contributed by atoms with Crippen molar-refractivity contribution >= 4 is 12.1 Å². The van der Waals surface area contributed by atoms with Crippen molar-refractivity contribution in [2.45, 2.75) is 32.5 Å². The number of nitrogens with zero attached hydrogens (tertiary/aromatic N) is 1. The minimum absolute atomic E-state index is 0.00273. The molecule has 1 amide bonds. The highest BCUT2D eigenvalue weighted by Gasteiger charge is 2.41. The zero-order valence-electron chi connectivity index (χ0n) is 10.5. The lowest BCUT2D eigenvalue weighted by Crippen LogP contribution is -2.36. The number of esters is 1. The number of rotatable bonds is 1. The zero-order valence-corrected chi connectivity index (χ0v) is 10.5. The topological polar surface area (TPSA) is 55.8 Å². The molecular weight excluding hydrogens is 229 g/mol. The van der Waals surface area contributed by atoms with Crippen LogP contribution in [0.25, 0.3) is 0 Å². The predicted octanol–water partition coefficient (Wildman–Crippen LogP) is 1.36. The summed E-state index contributed by atoms with van der Waals surface area (Å²) < 4.78 is 23.1. The van der Waals surface area contributed by atoms with Crippen LogP contribution in [-0.2, 0) is 14.3 Å². The molecule has 0 aliphatic carbocycles. The van der Waals surface area contributed by atoms with Gasteiger partial charge in [0, 0.05) is 6.54 Å². The van der Waals surface area contributed by atoms with E-state index in [4.69, 9.17) is 4.74 Å². The monoisotopic (exact) mass is 247 g/mol. The molecule has 1 fully saturated rings. The Kier molecular flexibility index (Phi) is 3.95. The summed E-state index contributed by atoms with van der Waals surface area (Å²) in [5, 5.41) is 0. The van der Waals surface area contributed by atoms with Gasteiger partial charge in [-0.2, -0.15) is 0 Å². The highest BCUT2D eigenvalue weighted by Crippen LogP contribution is 2.23. The Bertz CT molecular complexity index is 313. The summed E-state index contributed by atoms with van der Waals surface area (Å²) in [6.07, 6.45) is -2.00. The molecule has 1 rings (SSSR count). The van der Waals surface area contributed by atoms with E-state index in [-0.39, 0.29) is 13.1 Å². The first-order valence-electron chi connectivity index (χ1n) is 5.44. The second-order valence-electron chi connectivity index (χ2n) is 5.03. The molecule has 0 aromatic heterocycles. The van der Waals surface area contributed by atoms with Crippen LogP contribution in [0.1, 0.15) is 20.8 Å². The lowest BCUT2D eigenvalue weighted by Gasteiger charge is -2.24. The van der Waals surface area contributed by atoms with Crippen LogP contribution in [0.15, 0.2) is 0 Å². The average Bonchev–Trinajstić information content (AvgIpc) is 2.57. The number of likely N-dealkylation sites (tertiary alicyclic amines) is 1. The second kappa shape index (κ2) is 4.89. The van der Waals surface area contributed by atoms with Crippen molar-refractivity contribution in [3.05, 3.63) is 0 Å². The number of ether oxygens (including phenoxy) is 2. The fraction of sp³-hybridized carbons (Fsp3) is 0.818. The van der Waals surface area contributed by atoms with Crippen molar-refractivity contribution in [2.75, 3.05) is 20.2 Å². The van der Waals surface area contributed by atoms with Crippen molar-refractivity contribution in [1.82, 2.24) is 4.90 Å². The molecule has 0 unspecified atom stereocenters. The molecule has 6 heteroatoms. The van der Waals surface area contributed by atoms with Gasteiger partial charge in [-0.3, -0.25) is 4.79 Å². The Labute approximate surface area is 99.9 Å². The number of halogens is 1. The molecule has 5 nitrogen and oxygen atoms in total. The first-order valence-corrected chi connectivity index (χ1v) is 5.44. The maximum absolute atomic E-state index is 13.5. The molecule has 98 valence electrons. The fourth-order valence-electron chi connectivity index (χ4n) is 1.61. The fourth-order valence-corrected chi connectivity index (χ4v) is 1.61. The van der Waals surface area contributed by atoms with E-state index in [0.29, 0.717) is 0 Å². The molecule has 2 atom stereocenters. The Morgan fingerprint density at radius 3 is 2.35 bits per heavy atom. The second-order valence-corrected chi connectivity index (χ2v) is 5.03. The van der Waals surface area contributed by atoms with Crippen LogP contribution in [0.5, 0.6) is 0 Å². The summed E-state index contributed by atoms with van der Waals surface area (Å²) in [5.41, 5.74) is -0.633. The van der Waals surface area contributed by atoms with E-state index < -0.39 is 29.8 Å². The molecule has 0 saturated carbocycles. The van der Waals surface area contributed by atoms with E-state index in [2.05, 4.69) is 4.74 Å². The zero-order chi connectivity index (χ0) is 13.2. The van der Waals surface area contributed by atoms with Crippen LogP contribution in [0.2, 0.25) is 0 Å². The van der Waals surface area contributed by atoms with Gasteiger partial charge in [-0.05, 0) is 20.8 Å². The highest BCUT2D eigenvalue weighted by atomic mass is 19.1. The van der Waals surface area contributed by atoms with Crippen molar-refractivity contribution < 1.29 is 23.5 Å². The van der Waals surface area contributed by atoms with Crippen molar-refractivity contribution in [1.29, 1.82) is 0 Å². The van der Waals surface area contributed by atoms with Gasteiger partial charge in [0.05, 0.1) is 13.7 Å². The van der Waals surface area contributed by atoms with E-state index in [1.165, 1.54) is 12.0 Å².